The number of aromatic nitrogens is 1. The zero-order valence-corrected chi connectivity index (χ0v) is 14.7. The van der Waals surface area contributed by atoms with Gasteiger partial charge in [-0.25, -0.2) is 0 Å². The van der Waals surface area contributed by atoms with E-state index < -0.39 is 0 Å². The predicted molar refractivity (Wildman–Crippen MR) is 101 cm³/mol. The van der Waals surface area contributed by atoms with Gasteiger partial charge in [0.25, 0.3) is 0 Å². The van der Waals surface area contributed by atoms with Crippen molar-refractivity contribution in [3.63, 3.8) is 0 Å². The highest BCUT2D eigenvalue weighted by Gasteiger charge is 2.34. The van der Waals surface area contributed by atoms with Crippen LogP contribution in [0.25, 0.3) is 10.9 Å². The highest BCUT2D eigenvalue weighted by molar-refractivity contribution is 5.88. The number of rotatable bonds is 3. The Morgan fingerprint density at radius 2 is 1.85 bits per heavy atom. The third kappa shape index (κ3) is 2.86. The lowest BCUT2D eigenvalue weighted by Gasteiger charge is -2.36. The highest BCUT2D eigenvalue weighted by Crippen LogP contribution is 2.38. The lowest BCUT2D eigenvalue weighted by atomic mass is 9.92. The second kappa shape index (κ2) is 6.67. The number of carbonyl (C=O) groups excluding carboxylic acids is 2. The lowest BCUT2D eigenvalue weighted by molar-refractivity contribution is -0.134. The minimum absolute atomic E-state index is 0.0221. The first-order valence-corrected chi connectivity index (χ1v) is 8.83. The monoisotopic (exact) mass is 347 g/mol. The summed E-state index contributed by atoms with van der Waals surface area (Å²) < 4.78 is 0. The topological polar surface area (TPSA) is 65.2 Å². The van der Waals surface area contributed by atoms with Crippen LogP contribution < -0.4 is 5.32 Å². The molecule has 5 heteroatoms. The van der Waals surface area contributed by atoms with Crippen molar-refractivity contribution in [1.29, 1.82) is 0 Å². The molecule has 2 aromatic carbocycles. The third-order valence-electron chi connectivity index (χ3n) is 4.96. The number of benzene rings is 2. The van der Waals surface area contributed by atoms with Crippen molar-refractivity contribution in [2.75, 3.05) is 13.1 Å². The number of nitrogens with one attached hydrogen (secondary N) is 2. The van der Waals surface area contributed by atoms with E-state index in [9.17, 15) is 9.59 Å². The Morgan fingerprint density at radius 1 is 1.12 bits per heavy atom. The molecule has 0 saturated carbocycles. The molecule has 26 heavy (non-hydrogen) atoms. The zero-order chi connectivity index (χ0) is 18.1. The second-order valence-corrected chi connectivity index (χ2v) is 6.62. The number of aromatic amines is 1. The van der Waals surface area contributed by atoms with Crippen LogP contribution in [0.2, 0.25) is 0 Å². The summed E-state index contributed by atoms with van der Waals surface area (Å²) >= 11 is 0. The Balaban J connectivity index is 1.79. The van der Waals surface area contributed by atoms with E-state index in [0.717, 1.165) is 23.2 Å². The Labute approximate surface area is 152 Å². The Bertz CT molecular complexity index is 962. The van der Waals surface area contributed by atoms with Gasteiger partial charge >= 0.3 is 0 Å². The summed E-state index contributed by atoms with van der Waals surface area (Å²) in [5.41, 5.74) is 4.50. The van der Waals surface area contributed by atoms with Crippen molar-refractivity contribution in [1.82, 2.24) is 15.2 Å². The van der Waals surface area contributed by atoms with Crippen LogP contribution in [0.3, 0.4) is 0 Å². The molecule has 0 bridgehead atoms. The summed E-state index contributed by atoms with van der Waals surface area (Å²) in [5.74, 6) is -0.267. The van der Waals surface area contributed by atoms with Crippen LogP contribution in [0, 0.1) is 0 Å². The van der Waals surface area contributed by atoms with Crippen molar-refractivity contribution in [2.45, 2.75) is 19.4 Å². The van der Waals surface area contributed by atoms with E-state index >= 15 is 0 Å². The zero-order valence-electron chi connectivity index (χ0n) is 14.7. The molecular weight excluding hydrogens is 326 g/mol. The molecule has 0 spiro atoms. The third-order valence-corrected chi connectivity index (χ3v) is 4.96. The van der Waals surface area contributed by atoms with E-state index in [1.165, 1.54) is 17.9 Å². The molecular formula is C21H21N3O2. The summed E-state index contributed by atoms with van der Waals surface area (Å²) in [6.45, 7) is 2.08. The van der Waals surface area contributed by atoms with Crippen molar-refractivity contribution < 1.29 is 9.59 Å². The molecule has 3 aromatic rings. The van der Waals surface area contributed by atoms with Gasteiger partial charge in [-0.2, -0.15) is 0 Å². The molecule has 2 N–H and O–H groups in total. The minimum atomic E-state index is -0.196. The van der Waals surface area contributed by atoms with Gasteiger partial charge in [0.1, 0.15) is 0 Å². The summed E-state index contributed by atoms with van der Waals surface area (Å²) in [4.78, 5) is 29.4. The van der Waals surface area contributed by atoms with Crippen LogP contribution in [0.15, 0.2) is 54.6 Å². The van der Waals surface area contributed by atoms with Gasteiger partial charge < -0.3 is 15.2 Å². The largest absolute Gasteiger partial charge is 0.356 e. The van der Waals surface area contributed by atoms with E-state index in [1.54, 1.807) is 0 Å². The summed E-state index contributed by atoms with van der Waals surface area (Å²) in [6.07, 6.45) is 0.800. The number of amides is 2. The number of fused-ring (bicyclic) bond motifs is 3. The predicted octanol–water partition coefficient (Wildman–Crippen LogP) is 2.78. The van der Waals surface area contributed by atoms with Gasteiger partial charge in [-0.1, -0.05) is 48.5 Å². The quantitative estimate of drug-likeness (QED) is 0.765. The molecule has 0 saturated heterocycles. The molecule has 4 rings (SSSR count). The molecule has 0 radical (unpaired) electrons. The maximum absolute atomic E-state index is 12.8. The van der Waals surface area contributed by atoms with Crippen LogP contribution in [0.4, 0.5) is 0 Å². The van der Waals surface area contributed by atoms with Gasteiger partial charge in [-0.3, -0.25) is 9.59 Å². The van der Waals surface area contributed by atoms with Gasteiger partial charge in [0.05, 0.1) is 12.6 Å². The van der Waals surface area contributed by atoms with Crippen LogP contribution in [0.1, 0.15) is 29.8 Å². The van der Waals surface area contributed by atoms with E-state index in [4.69, 9.17) is 0 Å². The van der Waals surface area contributed by atoms with Crippen LogP contribution >= 0.6 is 0 Å². The molecule has 0 aliphatic carbocycles. The first kappa shape index (κ1) is 16.4. The van der Waals surface area contributed by atoms with Crippen LogP contribution in [0.5, 0.6) is 0 Å². The lowest BCUT2D eigenvalue weighted by Crippen LogP contribution is -2.45. The fourth-order valence-electron chi connectivity index (χ4n) is 3.79. The molecule has 1 unspecified atom stereocenters. The number of para-hydroxylation sites is 1. The van der Waals surface area contributed by atoms with Crippen molar-refractivity contribution >= 4 is 22.7 Å². The maximum atomic E-state index is 12.8. The number of H-pyrrole nitrogens is 1. The SMILES string of the molecule is CC(=O)NCC(=O)N1CCc2c([nH]c3ccccc23)C1c1ccccc1. The van der Waals surface area contributed by atoms with E-state index in [0.29, 0.717) is 6.54 Å². The number of nitrogens with zero attached hydrogens (tertiary/aromatic N) is 1. The average molecular weight is 347 g/mol. The van der Waals surface area contributed by atoms with Crippen LogP contribution in [-0.4, -0.2) is 34.8 Å². The number of carbonyl (C=O) groups is 2. The summed E-state index contributed by atoms with van der Waals surface area (Å²) in [5, 5.41) is 3.84. The Morgan fingerprint density at radius 3 is 2.62 bits per heavy atom. The van der Waals surface area contributed by atoms with Crippen molar-refractivity contribution in [3.8, 4) is 0 Å². The first-order chi connectivity index (χ1) is 12.6. The number of hydrogen-bond acceptors (Lipinski definition) is 2. The molecule has 2 heterocycles. The molecule has 1 atom stereocenters. The standard InChI is InChI=1S/C21H21N3O2/c1-14(25)22-13-19(26)24-12-11-17-16-9-5-6-10-18(16)23-20(17)21(24)15-7-3-2-4-8-15/h2-10,21,23H,11-13H2,1H3,(H,22,25). The first-order valence-electron chi connectivity index (χ1n) is 8.83. The summed E-state index contributed by atoms with van der Waals surface area (Å²) in [6, 6.07) is 18.1. The minimum Gasteiger partial charge on any atom is -0.356 e. The van der Waals surface area contributed by atoms with Crippen molar-refractivity contribution in [3.05, 3.63) is 71.4 Å². The van der Waals surface area contributed by atoms with E-state index in [-0.39, 0.29) is 24.4 Å². The van der Waals surface area contributed by atoms with Gasteiger partial charge in [0.2, 0.25) is 11.8 Å². The van der Waals surface area contributed by atoms with Gasteiger partial charge in [0, 0.05) is 30.1 Å². The Kier molecular flexibility index (Phi) is 4.21. The molecule has 2 amide bonds. The van der Waals surface area contributed by atoms with Crippen LogP contribution in [-0.2, 0) is 16.0 Å². The second-order valence-electron chi connectivity index (χ2n) is 6.62. The normalized spacial score (nSPS) is 16.3. The van der Waals surface area contributed by atoms with E-state index in [2.05, 4.69) is 22.4 Å². The Hall–Kier alpha value is -3.08. The molecule has 1 aliphatic rings. The number of hydrogen-bond donors (Lipinski definition) is 2. The van der Waals surface area contributed by atoms with Gasteiger partial charge in [0.15, 0.2) is 0 Å². The van der Waals surface area contributed by atoms with Crippen molar-refractivity contribution in [2.24, 2.45) is 0 Å². The molecule has 1 aliphatic heterocycles. The molecule has 5 nitrogen and oxygen atoms in total. The maximum Gasteiger partial charge on any atom is 0.242 e. The average Bonchev–Trinajstić information content (AvgIpc) is 3.04. The van der Waals surface area contributed by atoms with Gasteiger partial charge in [-0.05, 0) is 23.6 Å². The fraction of sp³-hybridized carbons (Fsp3) is 0.238. The highest BCUT2D eigenvalue weighted by atomic mass is 16.2. The molecule has 0 fully saturated rings. The molecule has 1 aromatic heterocycles. The molecule has 132 valence electrons. The summed E-state index contributed by atoms with van der Waals surface area (Å²) in [7, 11) is 0. The smallest absolute Gasteiger partial charge is 0.242 e. The fourth-order valence-corrected chi connectivity index (χ4v) is 3.79. The van der Waals surface area contributed by atoms with Gasteiger partial charge in [-0.15, -0.1) is 0 Å². The van der Waals surface area contributed by atoms with E-state index in [1.807, 2.05) is 47.4 Å².